The highest BCUT2D eigenvalue weighted by Gasteiger charge is 2.22. The fourth-order valence-electron chi connectivity index (χ4n) is 2.83. The number of nitrogens with zero attached hydrogens (tertiary/aromatic N) is 1. The summed E-state index contributed by atoms with van der Waals surface area (Å²) in [4.78, 5) is 14.9. The van der Waals surface area contributed by atoms with Crippen molar-refractivity contribution in [1.82, 2.24) is 10.2 Å². The van der Waals surface area contributed by atoms with Crippen LogP contribution in [0.15, 0.2) is 30.3 Å². The van der Waals surface area contributed by atoms with Crippen molar-refractivity contribution in [1.29, 1.82) is 0 Å². The van der Waals surface area contributed by atoms with E-state index in [1.54, 1.807) is 0 Å². The van der Waals surface area contributed by atoms with Gasteiger partial charge in [-0.2, -0.15) is 0 Å². The molecule has 0 amide bonds. The third-order valence-electron chi connectivity index (χ3n) is 4.28. The molecule has 1 heterocycles. The predicted octanol–water partition coefficient (Wildman–Crippen LogP) is 3.00. The Balaban J connectivity index is 1.87. The second-order valence-electron chi connectivity index (χ2n) is 6.70. The highest BCUT2D eigenvalue weighted by molar-refractivity contribution is 5.77. The van der Waals surface area contributed by atoms with Crippen molar-refractivity contribution >= 4 is 5.97 Å². The van der Waals surface area contributed by atoms with E-state index in [2.05, 4.69) is 24.1 Å². The molecule has 1 fully saturated rings. The van der Waals surface area contributed by atoms with Crippen LogP contribution in [0.4, 0.5) is 0 Å². The van der Waals surface area contributed by atoms with Gasteiger partial charge in [0.15, 0.2) is 0 Å². The molecule has 1 aromatic rings. The number of carbonyl (C=O) groups excluding carboxylic acids is 1. The summed E-state index contributed by atoms with van der Waals surface area (Å²) in [5, 5.41) is 3.38. The molecule has 1 saturated heterocycles. The Hall–Kier alpha value is -1.39. The summed E-state index contributed by atoms with van der Waals surface area (Å²) < 4.78 is 5.48. The Morgan fingerprint density at radius 3 is 2.57 bits per heavy atom. The summed E-state index contributed by atoms with van der Waals surface area (Å²) in [6.45, 7) is 8.91. The topological polar surface area (TPSA) is 41.6 Å². The molecule has 0 unspecified atom stereocenters. The van der Waals surface area contributed by atoms with Crippen molar-refractivity contribution in [2.24, 2.45) is 5.92 Å². The van der Waals surface area contributed by atoms with E-state index in [9.17, 15) is 4.79 Å². The second-order valence-corrected chi connectivity index (χ2v) is 6.70. The van der Waals surface area contributed by atoms with Gasteiger partial charge in [-0.05, 0) is 43.8 Å². The largest absolute Gasteiger partial charge is 0.464 e. The van der Waals surface area contributed by atoms with Gasteiger partial charge in [-0.1, -0.05) is 44.2 Å². The molecule has 4 heteroatoms. The van der Waals surface area contributed by atoms with Crippen LogP contribution in [0, 0.1) is 5.92 Å². The van der Waals surface area contributed by atoms with Crippen LogP contribution < -0.4 is 5.32 Å². The van der Waals surface area contributed by atoms with Crippen LogP contribution in [0.25, 0.3) is 0 Å². The minimum Gasteiger partial charge on any atom is -0.464 e. The van der Waals surface area contributed by atoms with Gasteiger partial charge < -0.3 is 9.64 Å². The van der Waals surface area contributed by atoms with Gasteiger partial charge in [-0.15, -0.1) is 0 Å². The number of benzene rings is 1. The number of hydrogen-bond acceptors (Lipinski definition) is 4. The number of rotatable bonds is 9. The molecule has 23 heavy (non-hydrogen) atoms. The van der Waals surface area contributed by atoms with Gasteiger partial charge in [0.25, 0.3) is 0 Å². The molecule has 0 spiro atoms. The number of nitrogens with one attached hydrogen (secondary N) is 1. The van der Waals surface area contributed by atoms with Crippen LogP contribution in [0.2, 0.25) is 0 Å². The van der Waals surface area contributed by atoms with E-state index in [0.717, 1.165) is 25.1 Å². The van der Waals surface area contributed by atoms with Crippen molar-refractivity contribution in [3.05, 3.63) is 35.9 Å². The first-order chi connectivity index (χ1) is 11.2. The highest BCUT2D eigenvalue weighted by Crippen LogP contribution is 2.15. The van der Waals surface area contributed by atoms with Crippen LogP contribution in [0.5, 0.6) is 0 Å². The lowest BCUT2D eigenvalue weighted by Crippen LogP contribution is -2.36. The third kappa shape index (κ3) is 6.32. The Morgan fingerprint density at radius 1 is 1.22 bits per heavy atom. The minimum absolute atomic E-state index is 0.168. The van der Waals surface area contributed by atoms with Crippen LogP contribution in [0.3, 0.4) is 0 Å². The van der Waals surface area contributed by atoms with Crippen LogP contribution in [0.1, 0.15) is 44.7 Å². The SMILES string of the molecule is CC(C)CCOC(=O)[C@H](NCCN1CCCC1)c1ccccc1. The maximum absolute atomic E-state index is 12.5. The first kappa shape index (κ1) is 18.0. The van der Waals surface area contributed by atoms with Crippen molar-refractivity contribution in [2.75, 3.05) is 32.8 Å². The van der Waals surface area contributed by atoms with E-state index < -0.39 is 0 Å². The molecule has 1 N–H and O–H groups in total. The summed E-state index contributed by atoms with van der Waals surface area (Å²) >= 11 is 0. The average Bonchev–Trinajstić information content (AvgIpc) is 3.05. The Bertz CT molecular complexity index is 456. The van der Waals surface area contributed by atoms with Gasteiger partial charge in [0.1, 0.15) is 6.04 Å². The molecule has 1 aliphatic heterocycles. The van der Waals surface area contributed by atoms with Gasteiger partial charge >= 0.3 is 5.97 Å². The van der Waals surface area contributed by atoms with Gasteiger partial charge in [0.05, 0.1) is 6.61 Å². The zero-order valence-electron chi connectivity index (χ0n) is 14.5. The van der Waals surface area contributed by atoms with E-state index in [4.69, 9.17) is 4.74 Å². The minimum atomic E-state index is -0.369. The molecule has 2 rings (SSSR count). The number of likely N-dealkylation sites (tertiary alicyclic amines) is 1. The van der Waals surface area contributed by atoms with Crippen molar-refractivity contribution < 1.29 is 9.53 Å². The van der Waals surface area contributed by atoms with Gasteiger partial charge in [0.2, 0.25) is 0 Å². The maximum Gasteiger partial charge on any atom is 0.327 e. The fourth-order valence-corrected chi connectivity index (χ4v) is 2.83. The lowest BCUT2D eigenvalue weighted by molar-refractivity contribution is -0.146. The molecule has 0 radical (unpaired) electrons. The predicted molar refractivity (Wildman–Crippen MR) is 93.3 cm³/mol. The standard InChI is InChI=1S/C19H30N2O2/c1-16(2)10-15-23-19(22)18(17-8-4-3-5-9-17)20-11-14-21-12-6-7-13-21/h3-5,8-9,16,18,20H,6-7,10-15H2,1-2H3/t18-/m1/s1. The molecule has 4 nitrogen and oxygen atoms in total. The molecular weight excluding hydrogens is 288 g/mol. The molecule has 0 aliphatic carbocycles. The summed E-state index contributed by atoms with van der Waals surface area (Å²) in [6.07, 6.45) is 3.49. The molecule has 1 atom stereocenters. The Labute approximate surface area is 140 Å². The Kier molecular flexibility index (Phi) is 7.56. The molecular formula is C19H30N2O2. The van der Waals surface area contributed by atoms with Crippen LogP contribution in [-0.4, -0.2) is 43.7 Å². The van der Waals surface area contributed by atoms with Gasteiger partial charge in [-0.3, -0.25) is 5.32 Å². The van der Waals surface area contributed by atoms with E-state index in [1.807, 2.05) is 30.3 Å². The number of ether oxygens (including phenoxy) is 1. The van der Waals surface area contributed by atoms with E-state index >= 15 is 0 Å². The summed E-state index contributed by atoms with van der Waals surface area (Å²) in [7, 11) is 0. The molecule has 1 aliphatic rings. The lowest BCUT2D eigenvalue weighted by Gasteiger charge is -2.21. The van der Waals surface area contributed by atoms with Crippen molar-refractivity contribution in [2.45, 2.75) is 39.2 Å². The maximum atomic E-state index is 12.5. The number of carbonyl (C=O) groups is 1. The second kappa shape index (κ2) is 9.68. The quantitative estimate of drug-likeness (QED) is 0.711. The average molecular weight is 318 g/mol. The van der Waals surface area contributed by atoms with Gasteiger partial charge in [0, 0.05) is 13.1 Å². The third-order valence-corrected chi connectivity index (χ3v) is 4.28. The van der Waals surface area contributed by atoms with E-state index in [1.165, 1.54) is 25.9 Å². The molecule has 0 bridgehead atoms. The normalized spacial score (nSPS) is 16.7. The van der Waals surface area contributed by atoms with Crippen LogP contribution in [-0.2, 0) is 9.53 Å². The highest BCUT2D eigenvalue weighted by atomic mass is 16.5. The lowest BCUT2D eigenvalue weighted by atomic mass is 10.1. The van der Waals surface area contributed by atoms with Gasteiger partial charge in [-0.25, -0.2) is 4.79 Å². The fraction of sp³-hybridized carbons (Fsp3) is 0.632. The van der Waals surface area contributed by atoms with Crippen LogP contribution >= 0.6 is 0 Å². The summed E-state index contributed by atoms with van der Waals surface area (Å²) in [5.74, 6) is 0.374. The Morgan fingerprint density at radius 2 is 1.91 bits per heavy atom. The van der Waals surface area contributed by atoms with Crippen molar-refractivity contribution in [3.63, 3.8) is 0 Å². The first-order valence-corrected chi connectivity index (χ1v) is 8.84. The van der Waals surface area contributed by atoms with E-state index in [-0.39, 0.29) is 12.0 Å². The molecule has 0 aromatic heterocycles. The monoisotopic (exact) mass is 318 g/mol. The molecule has 1 aromatic carbocycles. The molecule has 0 saturated carbocycles. The summed E-state index contributed by atoms with van der Waals surface area (Å²) in [6, 6.07) is 9.49. The first-order valence-electron chi connectivity index (χ1n) is 8.84. The van der Waals surface area contributed by atoms with Crippen molar-refractivity contribution in [3.8, 4) is 0 Å². The molecule has 128 valence electrons. The zero-order chi connectivity index (χ0) is 16.5. The number of esters is 1. The summed E-state index contributed by atoms with van der Waals surface area (Å²) in [5.41, 5.74) is 0.975. The number of hydrogen-bond donors (Lipinski definition) is 1. The smallest absolute Gasteiger partial charge is 0.327 e. The van der Waals surface area contributed by atoms with E-state index in [0.29, 0.717) is 12.5 Å². The zero-order valence-corrected chi connectivity index (χ0v) is 14.5.